The van der Waals surface area contributed by atoms with Crippen LogP contribution in [0.5, 0.6) is 0 Å². The van der Waals surface area contributed by atoms with E-state index in [0.29, 0.717) is 12.8 Å². The second-order valence-electron chi connectivity index (χ2n) is 9.69. The van der Waals surface area contributed by atoms with Crippen LogP contribution in [0, 0.1) is 10.8 Å². The number of nitrogens with one attached hydrogen (secondary N) is 2. The number of amides is 1. The van der Waals surface area contributed by atoms with Crippen molar-refractivity contribution in [2.75, 3.05) is 26.7 Å². The second kappa shape index (κ2) is 7.55. The van der Waals surface area contributed by atoms with Gasteiger partial charge in [-0.15, -0.1) is 0 Å². The first-order valence-corrected chi connectivity index (χ1v) is 11.2. The van der Waals surface area contributed by atoms with Crippen LogP contribution >= 0.6 is 0 Å². The number of rotatable bonds is 3. The summed E-state index contributed by atoms with van der Waals surface area (Å²) in [5.74, 6) is -0.689. The third kappa shape index (κ3) is 3.30. The Balaban J connectivity index is 1.57. The van der Waals surface area contributed by atoms with E-state index in [1.165, 1.54) is 24.4 Å². The highest BCUT2D eigenvalue weighted by molar-refractivity contribution is 5.92. The van der Waals surface area contributed by atoms with Gasteiger partial charge in [0.1, 0.15) is 0 Å². The molecule has 1 amide bonds. The molecule has 0 spiro atoms. The summed E-state index contributed by atoms with van der Waals surface area (Å²) in [6, 6.07) is 3.54. The van der Waals surface area contributed by atoms with Gasteiger partial charge in [-0.2, -0.15) is 26.3 Å². The number of pyridine rings is 1. The summed E-state index contributed by atoms with van der Waals surface area (Å²) in [5.41, 5.74) is -5.16. The molecule has 1 saturated carbocycles. The molecule has 11 heteroatoms. The van der Waals surface area contributed by atoms with Gasteiger partial charge in [-0.3, -0.25) is 9.78 Å². The molecule has 184 valence electrons. The predicted molar refractivity (Wildman–Crippen MR) is 112 cm³/mol. The van der Waals surface area contributed by atoms with Crippen molar-refractivity contribution in [2.24, 2.45) is 10.8 Å². The Morgan fingerprint density at radius 2 is 1.85 bits per heavy atom. The van der Waals surface area contributed by atoms with Crippen molar-refractivity contribution in [3.63, 3.8) is 0 Å². The van der Waals surface area contributed by atoms with E-state index in [-0.39, 0.29) is 22.5 Å². The Morgan fingerprint density at radius 1 is 1.15 bits per heavy atom. The van der Waals surface area contributed by atoms with Gasteiger partial charge in [-0.05, 0) is 57.1 Å². The van der Waals surface area contributed by atoms with Gasteiger partial charge in [0.05, 0.1) is 21.9 Å². The number of carbonyl (C=O) groups is 1. The van der Waals surface area contributed by atoms with Crippen molar-refractivity contribution in [1.29, 1.82) is 0 Å². The standard InChI is InChI=1S/C23H24F6N4O/c1-33-9-6-13(7-10-33)32-19(34)21-11-20(21,23(27,28)29)12-31-18(21)15-4-5-16(22(24,25)26)17-14(15)3-2-8-30-17/h2-5,8,13,18,31H,6-7,9-12H2,1H3,(H,32,34). The monoisotopic (exact) mass is 486 g/mol. The van der Waals surface area contributed by atoms with Crippen LogP contribution in [0.15, 0.2) is 30.5 Å². The fourth-order valence-electron chi connectivity index (χ4n) is 5.88. The van der Waals surface area contributed by atoms with E-state index in [1.54, 1.807) is 0 Å². The third-order valence-corrected chi connectivity index (χ3v) is 7.83. The Labute approximate surface area is 191 Å². The molecule has 1 aromatic carbocycles. The van der Waals surface area contributed by atoms with Crippen molar-refractivity contribution in [3.05, 3.63) is 41.6 Å². The molecular weight excluding hydrogens is 462 g/mol. The highest BCUT2D eigenvalue weighted by atomic mass is 19.4. The maximum Gasteiger partial charge on any atom is 0.418 e. The molecule has 2 aromatic rings. The zero-order valence-electron chi connectivity index (χ0n) is 18.4. The number of hydrogen-bond donors (Lipinski definition) is 2. The molecule has 3 heterocycles. The molecule has 2 aliphatic heterocycles. The van der Waals surface area contributed by atoms with Crippen molar-refractivity contribution >= 4 is 16.8 Å². The SMILES string of the molecule is CN1CCC(NC(=O)C23CC2(C(F)(F)F)CNC3c2ccc(C(F)(F)F)c3ncccc23)CC1. The number of benzene rings is 1. The minimum absolute atomic E-state index is 0.0890. The van der Waals surface area contributed by atoms with Crippen molar-refractivity contribution in [2.45, 2.75) is 43.7 Å². The molecule has 1 aromatic heterocycles. The minimum Gasteiger partial charge on any atom is -0.353 e. The molecular formula is C23H24F6N4O. The average molecular weight is 486 g/mol. The lowest BCUT2D eigenvalue weighted by molar-refractivity contribution is -0.193. The first-order valence-electron chi connectivity index (χ1n) is 11.2. The van der Waals surface area contributed by atoms with E-state index >= 15 is 0 Å². The first-order chi connectivity index (χ1) is 15.9. The lowest BCUT2D eigenvalue weighted by atomic mass is 9.83. The molecule has 1 aliphatic carbocycles. The predicted octanol–water partition coefficient (Wildman–Crippen LogP) is 4.05. The van der Waals surface area contributed by atoms with E-state index in [1.807, 2.05) is 7.05 Å². The highest BCUT2D eigenvalue weighted by Crippen LogP contribution is 2.78. The summed E-state index contributed by atoms with van der Waals surface area (Å²) in [5, 5.41) is 5.77. The summed E-state index contributed by atoms with van der Waals surface area (Å²) >= 11 is 0. The Bertz CT molecular complexity index is 1130. The van der Waals surface area contributed by atoms with Crippen LogP contribution in [0.4, 0.5) is 26.3 Å². The number of aromatic nitrogens is 1. The third-order valence-electron chi connectivity index (χ3n) is 7.83. The van der Waals surface area contributed by atoms with Crippen molar-refractivity contribution in [3.8, 4) is 0 Å². The van der Waals surface area contributed by atoms with Crippen LogP contribution in [-0.4, -0.2) is 54.7 Å². The van der Waals surface area contributed by atoms with Crippen LogP contribution in [0.25, 0.3) is 10.9 Å². The first kappa shape index (κ1) is 23.3. The normalized spacial score (nSPS) is 30.4. The smallest absolute Gasteiger partial charge is 0.353 e. The van der Waals surface area contributed by atoms with Gasteiger partial charge in [-0.25, -0.2) is 0 Å². The molecule has 34 heavy (non-hydrogen) atoms. The summed E-state index contributed by atoms with van der Waals surface area (Å²) in [4.78, 5) is 19.5. The zero-order valence-corrected chi connectivity index (χ0v) is 18.4. The Kier molecular flexibility index (Phi) is 5.18. The quantitative estimate of drug-likeness (QED) is 0.643. The Morgan fingerprint density at radius 3 is 2.47 bits per heavy atom. The molecule has 3 unspecified atom stereocenters. The number of hydrogen-bond acceptors (Lipinski definition) is 4. The van der Waals surface area contributed by atoms with Crippen LogP contribution in [0.1, 0.15) is 36.4 Å². The van der Waals surface area contributed by atoms with E-state index < -0.39 is 53.7 Å². The lowest BCUT2D eigenvalue weighted by Gasteiger charge is -2.32. The fourth-order valence-corrected chi connectivity index (χ4v) is 5.88. The second-order valence-corrected chi connectivity index (χ2v) is 9.69. The molecule has 3 atom stereocenters. The van der Waals surface area contributed by atoms with Gasteiger partial charge in [0.25, 0.3) is 0 Å². The van der Waals surface area contributed by atoms with Crippen LogP contribution in [-0.2, 0) is 11.0 Å². The van der Waals surface area contributed by atoms with Crippen molar-refractivity contribution < 1.29 is 31.1 Å². The molecule has 2 saturated heterocycles. The van der Waals surface area contributed by atoms with Crippen molar-refractivity contribution in [1.82, 2.24) is 20.5 Å². The highest BCUT2D eigenvalue weighted by Gasteiger charge is 2.87. The molecule has 3 aliphatic rings. The van der Waals surface area contributed by atoms with Gasteiger partial charge < -0.3 is 15.5 Å². The number of alkyl halides is 6. The van der Waals surface area contributed by atoms with Gasteiger partial charge in [-0.1, -0.05) is 12.1 Å². The summed E-state index contributed by atoms with van der Waals surface area (Å²) in [6.45, 7) is 0.975. The van der Waals surface area contributed by atoms with Gasteiger partial charge in [0, 0.05) is 30.2 Å². The number of halogens is 6. The van der Waals surface area contributed by atoms with E-state index in [2.05, 4.69) is 20.5 Å². The molecule has 0 bridgehead atoms. The van der Waals surface area contributed by atoms with Crippen LogP contribution < -0.4 is 10.6 Å². The van der Waals surface area contributed by atoms with Crippen LogP contribution in [0.3, 0.4) is 0 Å². The summed E-state index contributed by atoms with van der Waals surface area (Å²) < 4.78 is 83.4. The number of carbonyl (C=O) groups excluding carboxylic acids is 1. The van der Waals surface area contributed by atoms with Gasteiger partial charge >= 0.3 is 12.4 Å². The summed E-state index contributed by atoms with van der Waals surface area (Å²) in [6.07, 6.45) is -7.25. The zero-order chi connectivity index (χ0) is 24.5. The lowest BCUT2D eigenvalue weighted by Crippen LogP contribution is -2.48. The number of likely N-dealkylation sites (tertiary alicyclic amines) is 1. The Hall–Kier alpha value is -2.40. The number of nitrogens with zero attached hydrogens (tertiary/aromatic N) is 2. The molecule has 2 N–H and O–H groups in total. The van der Waals surface area contributed by atoms with E-state index in [4.69, 9.17) is 0 Å². The van der Waals surface area contributed by atoms with E-state index in [0.717, 1.165) is 19.2 Å². The summed E-state index contributed by atoms with van der Waals surface area (Å²) in [7, 11) is 1.94. The molecule has 5 rings (SSSR count). The largest absolute Gasteiger partial charge is 0.418 e. The van der Waals surface area contributed by atoms with Gasteiger partial charge in [0.2, 0.25) is 5.91 Å². The van der Waals surface area contributed by atoms with E-state index in [9.17, 15) is 31.1 Å². The number of piperidine rings is 2. The minimum atomic E-state index is -4.67. The molecule has 5 nitrogen and oxygen atoms in total. The topological polar surface area (TPSA) is 57.3 Å². The average Bonchev–Trinajstić information content (AvgIpc) is 3.36. The maximum atomic E-state index is 14.3. The van der Waals surface area contributed by atoms with Gasteiger partial charge in [0.15, 0.2) is 0 Å². The molecule has 3 fully saturated rings. The van der Waals surface area contributed by atoms with Crippen LogP contribution in [0.2, 0.25) is 0 Å². The fraction of sp³-hybridized carbons (Fsp3) is 0.565. The number of fused-ring (bicyclic) bond motifs is 2. The molecule has 0 radical (unpaired) electrons. The maximum absolute atomic E-state index is 14.3.